The Morgan fingerprint density at radius 2 is 2.14 bits per heavy atom. The minimum Gasteiger partial charge on any atom is -0.476 e. The van der Waals surface area contributed by atoms with Crippen molar-refractivity contribution in [3.05, 3.63) is 11.4 Å². The third kappa shape index (κ3) is 1.34. The molecular formula is C9H13N3O2. The number of nitrogens with two attached hydrogens (primary N) is 1. The molecule has 0 aromatic carbocycles. The summed E-state index contributed by atoms with van der Waals surface area (Å²) in [4.78, 5) is 10.7. The lowest BCUT2D eigenvalue weighted by Crippen LogP contribution is -2.03. The number of aromatic nitrogens is 2. The Hall–Kier alpha value is -1.52. The van der Waals surface area contributed by atoms with Crippen LogP contribution in [0.2, 0.25) is 0 Å². The lowest BCUT2D eigenvalue weighted by Gasteiger charge is -2.06. The maximum Gasteiger partial charge on any atom is 0.358 e. The van der Waals surface area contributed by atoms with Crippen LogP contribution in [-0.4, -0.2) is 21.3 Å². The molecule has 5 nitrogen and oxygen atoms in total. The molecule has 14 heavy (non-hydrogen) atoms. The highest BCUT2D eigenvalue weighted by molar-refractivity contribution is 5.91. The third-order valence-electron chi connectivity index (χ3n) is 2.80. The molecule has 1 saturated carbocycles. The highest BCUT2D eigenvalue weighted by Crippen LogP contribution is 2.36. The Morgan fingerprint density at radius 3 is 2.64 bits per heavy atom. The van der Waals surface area contributed by atoms with Crippen LogP contribution < -0.4 is 5.73 Å². The fourth-order valence-electron chi connectivity index (χ4n) is 2.05. The first-order chi connectivity index (χ1) is 6.70. The Kier molecular flexibility index (Phi) is 2.15. The summed E-state index contributed by atoms with van der Waals surface area (Å²) in [5.74, 6) is -0.696. The second kappa shape index (κ2) is 3.32. The van der Waals surface area contributed by atoms with Crippen molar-refractivity contribution in [1.82, 2.24) is 10.2 Å². The summed E-state index contributed by atoms with van der Waals surface area (Å²) in [7, 11) is 0. The topological polar surface area (TPSA) is 92.0 Å². The number of anilines is 1. The number of aromatic amines is 1. The number of rotatable bonds is 2. The summed E-state index contributed by atoms with van der Waals surface area (Å²) in [5.41, 5.74) is 6.78. The van der Waals surface area contributed by atoms with E-state index in [1.54, 1.807) is 0 Å². The number of carbonyl (C=O) groups is 1. The number of hydrogen-bond acceptors (Lipinski definition) is 3. The van der Waals surface area contributed by atoms with Crippen molar-refractivity contribution < 1.29 is 9.90 Å². The predicted octanol–water partition coefficient (Wildman–Crippen LogP) is 1.35. The minimum atomic E-state index is -1.07. The number of aromatic carboxylic acids is 1. The van der Waals surface area contributed by atoms with E-state index in [1.807, 2.05) is 0 Å². The van der Waals surface area contributed by atoms with Crippen molar-refractivity contribution in [3.8, 4) is 0 Å². The molecule has 5 heteroatoms. The fraction of sp³-hybridized carbons (Fsp3) is 0.556. The van der Waals surface area contributed by atoms with E-state index in [2.05, 4.69) is 10.2 Å². The van der Waals surface area contributed by atoms with E-state index in [1.165, 1.54) is 12.8 Å². The molecule has 2 rings (SSSR count). The molecule has 0 radical (unpaired) electrons. The average molecular weight is 195 g/mol. The number of hydrogen-bond donors (Lipinski definition) is 3. The second-order valence-electron chi connectivity index (χ2n) is 3.69. The lowest BCUT2D eigenvalue weighted by atomic mass is 10.0. The van der Waals surface area contributed by atoms with Crippen molar-refractivity contribution in [1.29, 1.82) is 0 Å². The van der Waals surface area contributed by atoms with Gasteiger partial charge in [-0.15, -0.1) is 0 Å². The average Bonchev–Trinajstić information content (AvgIpc) is 2.71. The van der Waals surface area contributed by atoms with Crippen molar-refractivity contribution >= 4 is 11.7 Å². The van der Waals surface area contributed by atoms with Gasteiger partial charge in [0.1, 0.15) is 0 Å². The highest BCUT2D eigenvalue weighted by atomic mass is 16.4. The van der Waals surface area contributed by atoms with Crippen LogP contribution in [0.4, 0.5) is 5.69 Å². The van der Waals surface area contributed by atoms with E-state index in [-0.39, 0.29) is 5.69 Å². The zero-order valence-corrected chi connectivity index (χ0v) is 7.79. The normalized spacial score (nSPS) is 17.4. The first-order valence-corrected chi connectivity index (χ1v) is 4.77. The largest absolute Gasteiger partial charge is 0.476 e. The van der Waals surface area contributed by atoms with Gasteiger partial charge in [-0.05, 0) is 12.8 Å². The number of carboxylic acids is 1. The standard InChI is InChI=1S/C9H13N3O2/c10-6-7(5-3-1-2-4-5)11-12-8(6)9(13)14/h5H,1-4,10H2,(H,11,12)(H,13,14). The molecule has 0 spiro atoms. The second-order valence-corrected chi connectivity index (χ2v) is 3.69. The minimum absolute atomic E-state index is 0.0492. The van der Waals surface area contributed by atoms with Crippen molar-refractivity contribution in [2.75, 3.05) is 5.73 Å². The van der Waals surface area contributed by atoms with Crippen LogP contribution in [0.5, 0.6) is 0 Å². The van der Waals surface area contributed by atoms with E-state index < -0.39 is 5.97 Å². The predicted molar refractivity (Wildman–Crippen MR) is 51.2 cm³/mol. The van der Waals surface area contributed by atoms with Gasteiger partial charge in [-0.3, -0.25) is 5.10 Å². The van der Waals surface area contributed by atoms with Gasteiger partial charge in [0.2, 0.25) is 0 Å². The van der Waals surface area contributed by atoms with E-state index in [9.17, 15) is 4.79 Å². The maximum absolute atomic E-state index is 10.7. The summed E-state index contributed by atoms with van der Waals surface area (Å²) in [6.45, 7) is 0. The number of nitrogen functional groups attached to an aromatic ring is 1. The highest BCUT2D eigenvalue weighted by Gasteiger charge is 2.24. The summed E-state index contributed by atoms with van der Waals surface area (Å²) in [6, 6.07) is 0. The van der Waals surface area contributed by atoms with Crippen LogP contribution in [0.15, 0.2) is 0 Å². The quantitative estimate of drug-likeness (QED) is 0.664. The van der Waals surface area contributed by atoms with Gasteiger partial charge in [0, 0.05) is 5.92 Å². The smallest absolute Gasteiger partial charge is 0.358 e. The molecule has 1 aromatic heterocycles. The van der Waals surface area contributed by atoms with Gasteiger partial charge in [-0.1, -0.05) is 12.8 Å². The Bertz CT molecular complexity index is 353. The van der Waals surface area contributed by atoms with E-state index in [0.717, 1.165) is 18.5 Å². The molecule has 0 aliphatic heterocycles. The summed E-state index contributed by atoms with van der Waals surface area (Å²) in [6.07, 6.45) is 4.52. The molecule has 1 heterocycles. The van der Waals surface area contributed by atoms with Crippen LogP contribution in [0.3, 0.4) is 0 Å². The van der Waals surface area contributed by atoms with Crippen molar-refractivity contribution in [2.24, 2.45) is 0 Å². The summed E-state index contributed by atoms with van der Waals surface area (Å²) in [5, 5.41) is 15.2. The first-order valence-electron chi connectivity index (χ1n) is 4.77. The van der Waals surface area contributed by atoms with Gasteiger partial charge in [0.05, 0.1) is 11.4 Å². The monoisotopic (exact) mass is 195 g/mol. The Balaban J connectivity index is 2.30. The fourth-order valence-corrected chi connectivity index (χ4v) is 2.05. The van der Waals surface area contributed by atoms with E-state index >= 15 is 0 Å². The molecule has 0 bridgehead atoms. The zero-order valence-electron chi connectivity index (χ0n) is 7.79. The number of carboxylic acid groups (broad SMARTS) is 1. The molecule has 0 atom stereocenters. The van der Waals surface area contributed by atoms with Crippen LogP contribution >= 0.6 is 0 Å². The molecule has 0 saturated heterocycles. The van der Waals surface area contributed by atoms with Gasteiger partial charge in [0.25, 0.3) is 0 Å². The summed E-state index contributed by atoms with van der Waals surface area (Å²) >= 11 is 0. The zero-order chi connectivity index (χ0) is 10.1. The first kappa shape index (κ1) is 9.05. The van der Waals surface area contributed by atoms with Crippen LogP contribution in [-0.2, 0) is 0 Å². The van der Waals surface area contributed by atoms with Gasteiger partial charge in [0.15, 0.2) is 5.69 Å². The Morgan fingerprint density at radius 1 is 1.50 bits per heavy atom. The lowest BCUT2D eigenvalue weighted by molar-refractivity contribution is 0.0691. The molecule has 0 amide bonds. The van der Waals surface area contributed by atoms with Crippen LogP contribution in [0.1, 0.15) is 47.8 Å². The third-order valence-corrected chi connectivity index (χ3v) is 2.80. The molecule has 1 fully saturated rings. The molecule has 4 N–H and O–H groups in total. The Labute approximate surface area is 81.3 Å². The van der Waals surface area contributed by atoms with Gasteiger partial charge < -0.3 is 10.8 Å². The van der Waals surface area contributed by atoms with Gasteiger partial charge in [-0.2, -0.15) is 5.10 Å². The number of H-pyrrole nitrogens is 1. The molecule has 76 valence electrons. The molecule has 1 aliphatic carbocycles. The SMILES string of the molecule is Nc1c(C(=O)O)n[nH]c1C1CCCC1. The summed E-state index contributed by atoms with van der Waals surface area (Å²) < 4.78 is 0. The number of nitrogens with zero attached hydrogens (tertiary/aromatic N) is 1. The van der Waals surface area contributed by atoms with Gasteiger partial charge >= 0.3 is 5.97 Å². The van der Waals surface area contributed by atoms with Crippen LogP contribution in [0, 0.1) is 0 Å². The number of nitrogens with one attached hydrogen (secondary N) is 1. The molecule has 0 unspecified atom stereocenters. The van der Waals surface area contributed by atoms with Gasteiger partial charge in [-0.25, -0.2) is 4.79 Å². The molecular weight excluding hydrogens is 182 g/mol. The maximum atomic E-state index is 10.7. The van der Waals surface area contributed by atoms with Crippen molar-refractivity contribution in [3.63, 3.8) is 0 Å². The van der Waals surface area contributed by atoms with Crippen LogP contribution in [0.25, 0.3) is 0 Å². The van der Waals surface area contributed by atoms with E-state index in [4.69, 9.17) is 10.8 Å². The molecule has 1 aliphatic rings. The van der Waals surface area contributed by atoms with Crippen molar-refractivity contribution in [2.45, 2.75) is 31.6 Å². The molecule has 1 aromatic rings. The van der Waals surface area contributed by atoms with E-state index in [0.29, 0.717) is 11.6 Å².